The number of rotatable bonds is 9. The summed E-state index contributed by atoms with van der Waals surface area (Å²) in [5, 5.41) is 4.84. The molecule has 6 nitrogen and oxygen atoms in total. The third-order valence-electron chi connectivity index (χ3n) is 6.61. The van der Waals surface area contributed by atoms with Gasteiger partial charge in [0.25, 0.3) is 0 Å². The number of nitrogens with zero attached hydrogens (tertiary/aromatic N) is 4. The number of aromatic nitrogens is 3. The second-order valence-electron chi connectivity index (χ2n) is 8.92. The summed E-state index contributed by atoms with van der Waals surface area (Å²) >= 11 is 0. The zero-order chi connectivity index (χ0) is 23.3. The van der Waals surface area contributed by atoms with Gasteiger partial charge in [-0.05, 0) is 86.8 Å². The molecule has 6 heteroatoms. The molecule has 1 saturated heterocycles. The topological polar surface area (TPSA) is 51.9 Å². The normalized spacial score (nSPS) is 14.1. The first-order valence-corrected chi connectivity index (χ1v) is 12.1. The number of hydrogen-bond acceptors (Lipinski definition) is 5. The van der Waals surface area contributed by atoms with E-state index in [1.807, 2.05) is 40.9 Å². The highest BCUT2D eigenvalue weighted by Gasteiger charge is 2.14. The van der Waals surface area contributed by atoms with Gasteiger partial charge in [-0.15, -0.1) is 0 Å². The first kappa shape index (κ1) is 22.4. The standard InChI is InChI=1S/C28H32N4O2/c1-33-23-14-15-26(34-2)24(20-23)25-8-5-9-28-29-27(30-32(25)28)19-22-12-10-21(11-13-22)7-6-18-31-16-3-4-17-31/h5,8-15,20H,3-4,6-7,16-19H2,1-2H3. The van der Waals surface area contributed by atoms with Gasteiger partial charge in [0.05, 0.1) is 19.9 Å². The van der Waals surface area contributed by atoms with Gasteiger partial charge in [-0.2, -0.15) is 5.10 Å². The summed E-state index contributed by atoms with van der Waals surface area (Å²) in [7, 11) is 3.34. The minimum absolute atomic E-state index is 0.699. The fourth-order valence-corrected chi connectivity index (χ4v) is 4.76. The number of methoxy groups -OCH3 is 2. The minimum atomic E-state index is 0.699. The molecule has 3 heterocycles. The first-order chi connectivity index (χ1) is 16.7. The third kappa shape index (κ3) is 4.92. The Hall–Kier alpha value is -3.38. The number of hydrogen-bond donors (Lipinski definition) is 0. The van der Waals surface area contributed by atoms with E-state index >= 15 is 0 Å². The SMILES string of the molecule is COc1ccc(OC)c(-c2cccc3nc(Cc4ccc(CCCN5CCCC5)cc4)nn23)c1. The lowest BCUT2D eigenvalue weighted by Crippen LogP contribution is -2.20. The molecule has 176 valence electrons. The molecule has 0 N–H and O–H groups in total. The fraction of sp³-hybridized carbons (Fsp3) is 0.357. The van der Waals surface area contributed by atoms with E-state index in [0.717, 1.165) is 40.6 Å². The molecule has 0 radical (unpaired) electrons. The highest BCUT2D eigenvalue weighted by atomic mass is 16.5. The van der Waals surface area contributed by atoms with Gasteiger partial charge in [-0.1, -0.05) is 30.3 Å². The van der Waals surface area contributed by atoms with E-state index in [1.54, 1.807) is 14.2 Å². The molecule has 0 bridgehead atoms. The van der Waals surface area contributed by atoms with Gasteiger partial charge in [0.15, 0.2) is 11.5 Å². The summed E-state index contributed by atoms with van der Waals surface area (Å²) in [5.41, 5.74) is 5.27. The van der Waals surface area contributed by atoms with Crippen molar-refractivity contribution in [2.24, 2.45) is 0 Å². The summed E-state index contributed by atoms with van der Waals surface area (Å²) in [6.45, 7) is 3.77. The Morgan fingerprint density at radius 3 is 2.44 bits per heavy atom. The Bertz CT molecular complexity index is 1240. The van der Waals surface area contributed by atoms with E-state index in [1.165, 1.54) is 50.0 Å². The van der Waals surface area contributed by atoms with Gasteiger partial charge in [-0.3, -0.25) is 0 Å². The zero-order valence-electron chi connectivity index (χ0n) is 20.0. The van der Waals surface area contributed by atoms with Crippen LogP contribution in [0.2, 0.25) is 0 Å². The molecular formula is C28H32N4O2. The molecule has 0 amide bonds. The summed E-state index contributed by atoms with van der Waals surface area (Å²) in [5.74, 6) is 2.34. The largest absolute Gasteiger partial charge is 0.497 e. The minimum Gasteiger partial charge on any atom is -0.497 e. The van der Waals surface area contributed by atoms with Gasteiger partial charge in [0, 0.05) is 12.0 Å². The Morgan fingerprint density at radius 2 is 1.68 bits per heavy atom. The zero-order valence-corrected chi connectivity index (χ0v) is 20.0. The number of ether oxygens (including phenoxy) is 2. The van der Waals surface area contributed by atoms with Gasteiger partial charge < -0.3 is 14.4 Å². The van der Waals surface area contributed by atoms with Crippen molar-refractivity contribution in [3.8, 4) is 22.8 Å². The van der Waals surface area contributed by atoms with Gasteiger partial charge >= 0.3 is 0 Å². The highest BCUT2D eigenvalue weighted by Crippen LogP contribution is 2.33. The van der Waals surface area contributed by atoms with E-state index in [9.17, 15) is 0 Å². The molecule has 0 aliphatic carbocycles. The lowest BCUT2D eigenvalue weighted by Gasteiger charge is -2.13. The van der Waals surface area contributed by atoms with Crippen molar-refractivity contribution in [2.45, 2.75) is 32.1 Å². The average molecular weight is 457 g/mol. The molecule has 1 fully saturated rings. The average Bonchev–Trinajstić information content (AvgIpc) is 3.54. The molecule has 2 aromatic heterocycles. The Kier molecular flexibility index (Phi) is 6.77. The van der Waals surface area contributed by atoms with Crippen LogP contribution in [0, 0.1) is 0 Å². The number of pyridine rings is 1. The number of likely N-dealkylation sites (tertiary alicyclic amines) is 1. The van der Waals surface area contributed by atoms with Crippen molar-refractivity contribution < 1.29 is 9.47 Å². The van der Waals surface area contributed by atoms with Crippen LogP contribution >= 0.6 is 0 Å². The van der Waals surface area contributed by atoms with Crippen LogP contribution in [0.3, 0.4) is 0 Å². The third-order valence-corrected chi connectivity index (χ3v) is 6.61. The Balaban J connectivity index is 1.32. The van der Waals surface area contributed by atoms with E-state index in [-0.39, 0.29) is 0 Å². The molecule has 0 saturated carbocycles. The molecular weight excluding hydrogens is 424 g/mol. The molecule has 4 aromatic rings. The molecule has 0 atom stereocenters. The predicted molar refractivity (Wildman–Crippen MR) is 135 cm³/mol. The maximum atomic E-state index is 5.60. The number of aryl methyl sites for hydroxylation is 1. The van der Waals surface area contributed by atoms with Crippen LogP contribution in [0.25, 0.3) is 16.9 Å². The summed E-state index contributed by atoms with van der Waals surface area (Å²) < 4.78 is 12.9. The summed E-state index contributed by atoms with van der Waals surface area (Å²) in [6, 6.07) is 20.7. The molecule has 0 unspecified atom stereocenters. The van der Waals surface area contributed by atoms with Crippen LogP contribution in [0.1, 0.15) is 36.2 Å². The first-order valence-electron chi connectivity index (χ1n) is 12.1. The quantitative estimate of drug-likeness (QED) is 0.353. The fourth-order valence-electron chi connectivity index (χ4n) is 4.76. The van der Waals surface area contributed by atoms with Crippen LogP contribution < -0.4 is 9.47 Å². The van der Waals surface area contributed by atoms with Gasteiger partial charge in [-0.25, -0.2) is 9.50 Å². The summed E-state index contributed by atoms with van der Waals surface area (Å²) in [4.78, 5) is 7.36. The van der Waals surface area contributed by atoms with E-state index in [0.29, 0.717) is 6.42 Å². The molecule has 34 heavy (non-hydrogen) atoms. The maximum absolute atomic E-state index is 5.60. The van der Waals surface area contributed by atoms with Crippen LogP contribution in [0.15, 0.2) is 60.7 Å². The summed E-state index contributed by atoms with van der Waals surface area (Å²) in [6.07, 6.45) is 5.78. The molecule has 0 spiro atoms. The maximum Gasteiger partial charge on any atom is 0.156 e. The van der Waals surface area contributed by atoms with Crippen molar-refractivity contribution in [1.82, 2.24) is 19.5 Å². The van der Waals surface area contributed by atoms with Crippen molar-refractivity contribution in [1.29, 1.82) is 0 Å². The molecule has 1 aliphatic heterocycles. The Labute approximate surface area is 201 Å². The lowest BCUT2D eigenvalue weighted by atomic mass is 10.1. The molecule has 1 aliphatic rings. The van der Waals surface area contributed by atoms with Gasteiger partial charge in [0.1, 0.15) is 11.5 Å². The second kappa shape index (κ2) is 10.3. The van der Waals surface area contributed by atoms with E-state index < -0.39 is 0 Å². The van der Waals surface area contributed by atoms with Crippen molar-refractivity contribution >= 4 is 5.65 Å². The number of fused-ring (bicyclic) bond motifs is 1. The highest BCUT2D eigenvalue weighted by molar-refractivity contribution is 5.71. The van der Waals surface area contributed by atoms with E-state index in [4.69, 9.17) is 19.6 Å². The monoisotopic (exact) mass is 456 g/mol. The van der Waals surface area contributed by atoms with Crippen molar-refractivity contribution in [3.05, 3.63) is 77.6 Å². The smallest absolute Gasteiger partial charge is 0.156 e. The van der Waals surface area contributed by atoms with Crippen molar-refractivity contribution in [2.75, 3.05) is 33.9 Å². The van der Waals surface area contributed by atoms with Crippen LogP contribution in [-0.4, -0.2) is 53.4 Å². The lowest BCUT2D eigenvalue weighted by molar-refractivity contribution is 0.334. The number of benzene rings is 2. The molecule has 5 rings (SSSR count). The second-order valence-corrected chi connectivity index (χ2v) is 8.92. The molecule has 2 aromatic carbocycles. The van der Waals surface area contributed by atoms with Crippen LogP contribution in [0.5, 0.6) is 11.5 Å². The predicted octanol–water partition coefficient (Wildman–Crippen LogP) is 5.03. The van der Waals surface area contributed by atoms with Crippen LogP contribution in [0.4, 0.5) is 0 Å². The van der Waals surface area contributed by atoms with Crippen molar-refractivity contribution in [3.63, 3.8) is 0 Å². The Morgan fingerprint density at radius 1 is 0.882 bits per heavy atom. The van der Waals surface area contributed by atoms with Crippen LogP contribution in [-0.2, 0) is 12.8 Å². The van der Waals surface area contributed by atoms with Gasteiger partial charge in [0.2, 0.25) is 0 Å². The van der Waals surface area contributed by atoms with E-state index in [2.05, 4.69) is 29.2 Å².